The quantitative estimate of drug-likeness (QED) is 0.839. The van der Waals surface area contributed by atoms with Crippen molar-refractivity contribution in [3.8, 4) is 0 Å². The van der Waals surface area contributed by atoms with E-state index < -0.39 is 0 Å². The number of fused-ring (bicyclic) bond motifs is 3. The van der Waals surface area contributed by atoms with Crippen molar-refractivity contribution in [3.05, 3.63) is 35.0 Å². The molecule has 4 rings (SSSR count). The summed E-state index contributed by atoms with van der Waals surface area (Å²) in [5.41, 5.74) is 2.48. The molecule has 1 heterocycles. The van der Waals surface area contributed by atoms with Crippen molar-refractivity contribution in [1.29, 1.82) is 0 Å². The lowest BCUT2D eigenvalue weighted by molar-refractivity contribution is 0.259. The monoisotopic (exact) mass is 302 g/mol. The van der Waals surface area contributed by atoms with Crippen LogP contribution in [-0.2, 0) is 6.54 Å². The van der Waals surface area contributed by atoms with Crippen LogP contribution in [0.5, 0.6) is 0 Å². The Morgan fingerprint density at radius 2 is 2.24 bits per heavy atom. The van der Waals surface area contributed by atoms with Crippen LogP contribution in [0.4, 0.5) is 0 Å². The molecule has 2 aromatic rings. The maximum atomic E-state index is 6.04. The van der Waals surface area contributed by atoms with Gasteiger partial charge >= 0.3 is 0 Å². The predicted octanol–water partition coefficient (Wildman–Crippen LogP) is 4.74. The predicted molar refractivity (Wildman–Crippen MR) is 88.5 cm³/mol. The van der Waals surface area contributed by atoms with Crippen molar-refractivity contribution in [1.82, 2.24) is 10.3 Å². The van der Waals surface area contributed by atoms with Crippen molar-refractivity contribution in [3.63, 3.8) is 0 Å². The van der Waals surface area contributed by atoms with E-state index in [1.165, 1.54) is 36.6 Å². The second-order valence-electron chi connectivity index (χ2n) is 7.01. The Morgan fingerprint density at radius 3 is 3.00 bits per heavy atom. The molecule has 0 radical (unpaired) electrons. The Labute approximate surface area is 131 Å². The van der Waals surface area contributed by atoms with Gasteiger partial charge in [0.25, 0.3) is 0 Å². The number of H-pyrrole nitrogens is 1. The fraction of sp³-hybridized carbons (Fsp3) is 0.556. The van der Waals surface area contributed by atoms with Crippen LogP contribution in [-0.4, -0.2) is 11.0 Å². The molecular weight excluding hydrogens is 280 g/mol. The average Bonchev–Trinajstić information content (AvgIpc) is 3.19. The van der Waals surface area contributed by atoms with Gasteiger partial charge in [-0.2, -0.15) is 0 Å². The highest BCUT2D eigenvalue weighted by molar-refractivity contribution is 6.31. The third kappa shape index (κ3) is 2.49. The van der Waals surface area contributed by atoms with Gasteiger partial charge in [-0.25, -0.2) is 0 Å². The van der Waals surface area contributed by atoms with Gasteiger partial charge in [-0.05, 0) is 61.6 Å². The Morgan fingerprint density at radius 1 is 1.33 bits per heavy atom. The molecular formula is C18H23ClN2. The SMILES string of the molecule is CC(NCc1c[nH]c2cc(Cl)ccc12)C1CC2CCC1C2. The fourth-order valence-corrected chi connectivity index (χ4v) is 4.81. The molecule has 0 aliphatic heterocycles. The van der Waals surface area contributed by atoms with Crippen molar-refractivity contribution in [2.75, 3.05) is 0 Å². The lowest BCUT2D eigenvalue weighted by Crippen LogP contribution is -2.35. The Balaban J connectivity index is 1.43. The summed E-state index contributed by atoms with van der Waals surface area (Å²) in [6.45, 7) is 3.31. The Hall–Kier alpha value is -0.990. The first-order valence-corrected chi connectivity index (χ1v) is 8.57. The average molecular weight is 303 g/mol. The molecule has 2 bridgehead atoms. The van der Waals surface area contributed by atoms with Crippen molar-refractivity contribution in [2.24, 2.45) is 17.8 Å². The topological polar surface area (TPSA) is 27.8 Å². The van der Waals surface area contributed by atoms with Crippen LogP contribution in [0.1, 0.15) is 38.2 Å². The highest BCUT2D eigenvalue weighted by Crippen LogP contribution is 2.49. The van der Waals surface area contributed by atoms with E-state index in [1.807, 2.05) is 12.1 Å². The summed E-state index contributed by atoms with van der Waals surface area (Å²) in [4.78, 5) is 3.32. The van der Waals surface area contributed by atoms with Crippen molar-refractivity contribution >= 4 is 22.5 Å². The number of aromatic nitrogens is 1. The third-order valence-corrected chi connectivity index (χ3v) is 6.01. The minimum absolute atomic E-state index is 0.623. The first-order chi connectivity index (χ1) is 10.2. The molecule has 2 aliphatic carbocycles. The van der Waals surface area contributed by atoms with Gasteiger partial charge in [0.15, 0.2) is 0 Å². The highest BCUT2D eigenvalue weighted by atomic mass is 35.5. The largest absolute Gasteiger partial charge is 0.361 e. The molecule has 2 N–H and O–H groups in total. The first kappa shape index (κ1) is 13.7. The summed E-state index contributed by atoms with van der Waals surface area (Å²) in [6, 6.07) is 6.71. The second-order valence-corrected chi connectivity index (χ2v) is 7.45. The zero-order valence-corrected chi connectivity index (χ0v) is 13.3. The van der Waals surface area contributed by atoms with E-state index in [9.17, 15) is 0 Å². The number of rotatable bonds is 4. The maximum absolute atomic E-state index is 6.04. The van der Waals surface area contributed by atoms with Gasteiger partial charge in [0, 0.05) is 34.7 Å². The molecule has 0 saturated heterocycles. The Kier molecular flexibility index (Phi) is 3.47. The van der Waals surface area contributed by atoms with Gasteiger partial charge in [-0.3, -0.25) is 0 Å². The summed E-state index contributed by atoms with van der Waals surface area (Å²) < 4.78 is 0. The Bertz CT molecular complexity index is 648. The molecule has 4 unspecified atom stereocenters. The molecule has 0 spiro atoms. The third-order valence-electron chi connectivity index (χ3n) is 5.78. The van der Waals surface area contributed by atoms with E-state index in [2.05, 4.69) is 29.5 Å². The van der Waals surface area contributed by atoms with Crippen LogP contribution in [0, 0.1) is 17.8 Å². The molecule has 4 atom stereocenters. The zero-order chi connectivity index (χ0) is 14.4. The molecule has 2 aliphatic rings. The molecule has 112 valence electrons. The van der Waals surface area contributed by atoms with E-state index in [0.29, 0.717) is 6.04 Å². The van der Waals surface area contributed by atoms with Crippen LogP contribution in [0.25, 0.3) is 10.9 Å². The van der Waals surface area contributed by atoms with E-state index >= 15 is 0 Å². The maximum Gasteiger partial charge on any atom is 0.0472 e. The van der Waals surface area contributed by atoms with E-state index in [0.717, 1.165) is 34.8 Å². The lowest BCUT2D eigenvalue weighted by Gasteiger charge is -2.28. The number of benzene rings is 1. The minimum atomic E-state index is 0.623. The lowest BCUT2D eigenvalue weighted by atomic mass is 9.84. The van der Waals surface area contributed by atoms with Crippen molar-refractivity contribution in [2.45, 2.75) is 45.2 Å². The molecule has 3 heteroatoms. The van der Waals surface area contributed by atoms with E-state index in [-0.39, 0.29) is 0 Å². The first-order valence-electron chi connectivity index (χ1n) is 8.19. The summed E-state index contributed by atoms with van der Waals surface area (Å²) in [7, 11) is 0. The summed E-state index contributed by atoms with van der Waals surface area (Å²) >= 11 is 6.04. The van der Waals surface area contributed by atoms with Crippen LogP contribution in [0.2, 0.25) is 5.02 Å². The molecule has 2 fully saturated rings. The van der Waals surface area contributed by atoms with Gasteiger partial charge < -0.3 is 10.3 Å². The number of hydrogen-bond acceptors (Lipinski definition) is 1. The van der Waals surface area contributed by atoms with Crippen LogP contribution < -0.4 is 5.32 Å². The van der Waals surface area contributed by atoms with E-state index in [1.54, 1.807) is 0 Å². The fourth-order valence-electron chi connectivity index (χ4n) is 4.63. The highest BCUT2D eigenvalue weighted by Gasteiger charge is 2.41. The van der Waals surface area contributed by atoms with E-state index in [4.69, 9.17) is 11.6 Å². The van der Waals surface area contributed by atoms with Crippen molar-refractivity contribution < 1.29 is 0 Å². The zero-order valence-electron chi connectivity index (χ0n) is 12.5. The van der Waals surface area contributed by atoms with Gasteiger partial charge in [-0.1, -0.05) is 24.1 Å². The molecule has 2 saturated carbocycles. The van der Waals surface area contributed by atoms with Crippen LogP contribution in [0.3, 0.4) is 0 Å². The second kappa shape index (κ2) is 5.33. The minimum Gasteiger partial charge on any atom is -0.361 e. The number of nitrogens with one attached hydrogen (secondary N) is 2. The van der Waals surface area contributed by atoms with Gasteiger partial charge in [0.1, 0.15) is 0 Å². The molecule has 2 nitrogen and oxygen atoms in total. The molecule has 21 heavy (non-hydrogen) atoms. The van der Waals surface area contributed by atoms with Crippen LogP contribution in [0.15, 0.2) is 24.4 Å². The van der Waals surface area contributed by atoms with Gasteiger partial charge in [0.2, 0.25) is 0 Å². The standard InChI is InChI=1S/C18H23ClN2/c1-11(17-7-12-2-3-13(17)6-12)20-9-14-10-21-18-8-15(19)4-5-16(14)18/h4-5,8,10-13,17,20-21H,2-3,6-7,9H2,1H3. The smallest absolute Gasteiger partial charge is 0.0472 e. The van der Waals surface area contributed by atoms with Gasteiger partial charge in [0.05, 0.1) is 0 Å². The summed E-state index contributed by atoms with van der Waals surface area (Å²) in [5.74, 6) is 2.90. The number of hydrogen-bond donors (Lipinski definition) is 2. The number of aromatic amines is 1. The molecule has 1 aromatic heterocycles. The summed E-state index contributed by atoms with van der Waals surface area (Å²) in [5, 5.41) is 5.84. The van der Waals surface area contributed by atoms with Gasteiger partial charge in [-0.15, -0.1) is 0 Å². The summed E-state index contributed by atoms with van der Waals surface area (Å²) in [6.07, 6.45) is 8.00. The number of halogens is 1. The normalized spacial score (nSPS) is 29.3. The van der Waals surface area contributed by atoms with Crippen LogP contribution >= 0.6 is 11.6 Å². The molecule has 1 aromatic carbocycles. The molecule has 0 amide bonds.